The Morgan fingerprint density at radius 3 is 2.27 bits per heavy atom. The molecule has 0 aromatic carbocycles. The zero-order chi connectivity index (χ0) is 8.91. The lowest BCUT2D eigenvalue weighted by Crippen LogP contribution is -2.31. The summed E-state index contributed by atoms with van der Waals surface area (Å²) in [5, 5.41) is 0. The van der Waals surface area contributed by atoms with Crippen molar-refractivity contribution in [1.82, 2.24) is 0 Å². The predicted octanol–water partition coefficient (Wildman–Crippen LogP) is 3.19. The Hall–Kier alpha value is -0.0831. The highest BCUT2D eigenvalue weighted by Gasteiger charge is 2.18. The van der Waals surface area contributed by atoms with E-state index in [-0.39, 0.29) is 0 Å². The molecule has 0 bridgehead atoms. The van der Waals surface area contributed by atoms with Gasteiger partial charge in [-0.2, -0.15) is 0 Å². The van der Waals surface area contributed by atoms with Crippen LogP contribution in [0.15, 0.2) is 12.7 Å². The third kappa shape index (κ3) is 6.32. The maximum atomic E-state index is 5.90. The summed E-state index contributed by atoms with van der Waals surface area (Å²) in [5.74, 6) is 0. The molecule has 2 heteroatoms. The summed E-state index contributed by atoms with van der Waals surface area (Å²) in [5.41, 5.74) is 0. The molecule has 0 saturated heterocycles. The van der Waals surface area contributed by atoms with Gasteiger partial charge in [-0.15, -0.1) is 6.58 Å². The third-order valence-electron chi connectivity index (χ3n) is 1.41. The van der Waals surface area contributed by atoms with E-state index < -0.39 is 8.32 Å². The molecule has 0 heterocycles. The van der Waals surface area contributed by atoms with Crippen molar-refractivity contribution in [3.05, 3.63) is 12.7 Å². The molecular formula is C9H20OSi. The summed E-state index contributed by atoms with van der Waals surface area (Å²) >= 11 is 0. The van der Waals surface area contributed by atoms with E-state index >= 15 is 0 Å². The average molecular weight is 172 g/mol. The van der Waals surface area contributed by atoms with Crippen LogP contribution in [0.3, 0.4) is 0 Å². The first-order valence-electron chi connectivity index (χ1n) is 4.28. The van der Waals surface area contributed by atoms with Gasteiger partial charge in [-0.3, -0.25) is 0 Å². The SMILES string of the molecule is C=CCC(CC)O[Si](C)(C)C. The molecule has 1 unspecified atom stereocenters. The van der Waals surface area contributed by atoms with Gasteiger partial charge in [0.25, 0.3) is 0 Å². The van der Waals surface area contributed by atoms with Crippen molar-refractivity contribution < 1.29 is 4.43 Å². The number of hydrogen-bond acceptors (Lipinski definition) is 1. The van der Waals surface area contributed by atoms with E-state index in [1.54, 1.807) is 0 Å². The van der Waals surface area contributed by atoms with E-state index in [0.29, 0.717) is 6.10 Å². The van der Waals surface area contributed by atoms with Crippen molar-refractivity contribution in [1.29, 1.82) is 0 Å². The van der Waals surface area contributed by atoms with Gasteiger partial charge >= 0.3 is 0 Å². The Labute approximate surface area is 71.6 Å². The van der Waals surface area contributed by atoms with E-state index in [0.717, 1.165) is 12.8 Å². The Kier molecular flexibility index (Phi) is 4.69. The summed E-state index contributed by atoms with van der Waals surface area (Å²) in [4.78, 5) is 0. The predicted molar refractivity (Wildman–Crippen MR) is 53.3 cm³/mol. The maximum Gasteiger partial charge on any atom is 0.184 e. The summed E-state index contributed by atoms with van der Waals surface area (Å²) in [6, 6.07) is 0. The van der Waals surface area contributed by atoms with Crippen LogP contribution in [0.1, 0.15) is 19.8 Å². The molecular weight excluding hydrogens is 152 g/mol. The molecule has 0 aliphatic heterocycles. The molecule has 0 aliphatic carbocycles. The van der Waals surface area contributed by atoms with E-state index in [4.69, 9.17) is 4.43 Å². The summed E-state index contributed by atoms with van der Waals surface area (Å²) < 4.78 is 5.90. The zero-order valence-corrected chi connectivity index (χ0v) is 9.18. The fourth-order valence-corrected chi connectivity index (χ4v) is 2.25. The van der Waals surface area contributed by atoms with Gasteiger partial charge in [-0.25, -0.2) is 0 Å². The highest BCUT2D eigenvalue weighted by atomic mass is 28.4. The molecule has 0 aliphatic rings. The fourth-order valence-electron chi connectivity index (χ4n) is 0.984. The Balaban J connectivity index is 3.77. The average Bonchev–Trinajstić information content (AvgIpc) is 1.84. The minimum Gasteiger partial charge on any atom is -0.414 e. The molecule has 0 radical (unpaired) electrons. The van der Waals surface area contributed by atoms with Gasteiger partial charge in [0.1, 0.15) is 0 Å². The van der Waals surface area contributed by atoms with Crippen LogP contribution in [0.25, 0.3) is 0 Å². The molecule has 0 aromatic rings. The van der Waals surface area contributed by atoms with Crippen LogP contribution in [0.4, 0.5) is 0 Å². The van der Waals surface area contributed by atoms with E-state index in [9.17, 15) is 0 Å². The molecule has 0 N–H and O–H groups in total. The standard InChI is InChI=1S/C9H20OSi/c1-6-8-9(7-2)10-11(3,4)5/h6,9H,1,7-8H2,2-5H3. The largest absolute Gasteiger partial charge is 0.414 e. The van der Waals surface area contributed by atoms with Gasteiger partial charge in [0.2, 0.25) is 0 Å². The summed E-state index contributed by atoms with van der Waals surface area (Å²) in [6.07, 6.45) is 4.42. The molecule has 1 nitrogen and oxygen atoms in total. The first-order chi connectivity index (χ1) is 4.99. The van der Waals surface area contributed by atoms with Crippen molar-refractivity contribution in [2.75, 3.05) is 0 Å². The molecule has 0 spiro atoms. The van der Waals surface area contributed by atoms with Crippen molar-refractivity contribution in [2.45, 2.75) is 45.5 Å². The molecule has 0 fully saturated rings. The molecule has 0 rings (SSSR count). The molecule has 0 saturated carbocycles. The van der Waals surface area contributed by atoms with Crippen LogP contribution in [0.5, 0.6) is 0 Å². The van der Waals surface area contributed by atoms with E-state index in [2.05, 4.69) is 33.1 Å². The van der Waals surface area contributed by atoms with Crippen molar-refractivity contribution >= 4 is 8.32 Å². The molecule has 11 heavy (non-hydrogen) atoms. The van der Waals surface area contributed by atoms with Crippen LogP contribution in [-0.4, -0.2) is 14.4 Å². The monoisotopic (exact) mass is 172 g/mol. The molecule has 0 aromatic heterocycles. The van der Waals surface area contributed by atoms with Gasteiger partial charge in [0, 0.05) is 6.10 Å². The summed E-state index contributed by atoms with van der Waals surface area (Å²) in [7, 11) is -1.33. The second-order valence-electron chi connectivity index (χ2n) is 3.78. The first-order valence-corrected chi connectivity index (χ1v) is 7.69. The molecule has 66 valence electrons. The smallest absolute Gasteiger partial charge is 0.184 e. The van der Waals surface area contributed by atoms with Crippen LogP contribution in [0.2, 0.25) is 19.6 Å². The minimum atomic E-state index is -1.33. The fraction of sp³-hybridized carbons (Fsp3) is 0.778. The molecule has 1 atom stereocenters. The van der Waals surface area contributed by atoms with Gasteiger partial charge in [-0.1, -0.05) is 13.0 Å². The number of rotatable bonds is 5. The van der Waals surface area contributed by atoms with Crippen molar-refractivity contribution in [2.24, 2.45) is 0 Å². The van der Waals surface area contributed by atoms with Crippen LogP contribution in [0, 0.1) is 0 Å². The third-order valence-corrected chi connectivity index (χ3v) is 2.45. The highest BCUT2D eigenvalue weighted by molar-refractivity contribution is 6.69. The van der Waals surface area contributed by atoms with Crippen molar-refractivity contribution in [3.8, 4) is 0 Å². The lowest BCUT2D eigenvalue weighted by atomic mass is 10.2. The Morgan fingerprint density at radius 1 is 1.45 bits per heavy atom. The second-order valence-corrected chi connectivity index (χ2v) is 8.25. The minimum absolute atomic E-state index is 0.402. The Bertz CT molecular complexity index is 115. The van der Waals surface area contributed by atoms with Crippen LogP contribution >= 0.6 is 0 Å². The van der Waals surface area contributed by atoms with Gasteiger partial charge in [-0.05, 0) is 32.5 Å². The van der Waals surface area contributed by atoms with E-state index in [1.807, 2.05) is 6.08 Å². The van der Waals surface area contributed by atoms with Crippen LogP contribution < -0.4 is 0 Å². The van der Waals surface area contributed by atoms with Gasteiger partial charge in [0.05, 0.1) is 0 Å². The normalized spacial score (nSPS) is 14.5. The second kappa shape index (κ2) is 4.73. The van der Waals surface area contributed by atoms with E-state index in [1.165, 1.54) is 0 Å². The lowest BCUT2D eigenvalue weighted by Gasteiger charge is -2.24. The number of hydrogen-bond donors (Lipinski definition) is 0. The van der Waals surface area contributed by atoms with Gasteiger partial charge < -0.3 is 4.43 Å². The summed E-state index contributed by atoms with van der Waals surface area (Å²) in [6.45, 7) is 12.5. The lowest BCUT2D eigenvalue weighted by molar-refractivity contribution is 0.193. The van der Waals surface area contributed by atoms with Gasteiger partial charge in [0.15, 0.2) is 8.32 Å². The molecule has 0 amide bonds. The quantitative estimate of drug-likeness (QED) is 0.457. The first kappa shape index (κ1) is 10.9. The zero-order valence-electron chi connectivity index (χ0n) is 8.18. The van der Waals surface area contributed by atoms with Crippen molar-refractivity contribution in [3.63, 3.8) is 0 Å². The highest BCUT2D eigenvalue weighted by Crippen LogP contribution is 2.12. The maximum absolute atomic E-state index is 5.90. The van der Waals surface area contributed by atoms with Crippen LogP contribution in [-0.2, 0) is 4.43 Å². The Morgan fingerprint density at radius 2 is 2.00 bits per heavy atom. The topological polar surface area (TPSA) is 9.23 Å².